The van der Waals surface area contributed by atoms with Crippen LogP contribution < -0.4 is 10.5 Å². The highest BCUT2D eigenvalue weighted by molar-refractivity contribution is 7.91. The lowest BCUT2D eigenvalue weighted by molar-refractivity contribution is 0.409. The summed E-state index contributed by atoms with van der Waals surface area (Å²) >= 11 is 0. The van der Waals surface area contributed by atoms with Crippen molar-refractivity contribution < 1.29 is 13.2 Å². The molecule has 0 aromatic heterocycles. The molecule has 0 spiro atoms. The number of aryl methyl sites for hydroxylation is 3. The van der Waals surface area contributed by atoms with Crippen molar-refractivity contribution in [1.29, 1.82) is 0 Å². The van der Waals surface area contributed by atoms with Gasteiger partial charge < -0.3 is 10.5 Å². The quantitative estimate of drug-likeness (QED) is 0.845. The molecule has 5 heteroatoms. The fraction of sp³-hybridized carbons (Fsp3) is 0.538. The van der Waals surface area contributed by atoms with Gasteiger partial charge in [0.05, 0.1) is 18.6 Å². The van der Waals surface area contributed by atoms with Crippen molar-refractivity contribution in [2.45, 2.75) is 20.3 Å². The Bertz CT molecular complexity index is 509. The maximum atomic E-state index is 11.6. The van der Waals surface area contributed by atoms with Gasteiger partial charge >= 0.3 is 0 Å². The minimum absolute atomic E-state index is 0.0418. The third kappa shape index (κ3) is 3.99. The van der Waals surface area contributed by atoms with E-state index >= 15 is 0 Å². The Morgan fingerprint density at radius 3 is 2.33 bits per heavy atom. The second-order valence-corrected chi connectivity index (χ2v) is 6.74. The average Bonchev–Trinajstić information content (AvgIpc) is 2.30. The highest BCUT2D eigenvalue weighted by atomic mass is 32.2. The minimum Gasteiger partial charge on any atom is -0.496 e. The lowest BCUT2D eigenvalue weighted by Crippen LogP contribution is -2.19. The van der Waals surface area contributed by atoms with E-state index in [2.05, 4.69) is 0 Å². The van der Waals surface area contributed by atoms with Gasteiger partial charge in [0.1, 0.15) is 5.75 Å². The molecule has 1 rings (SSSR count). The second-order valence-electron chi connectivity index (χ2n) is 4.44. The molecule has 0 saturated carbocycles. The molecule has 0 aliphatic heterocycles. The monoisotopic (exact) mass is 271 g/mol. The first kappa shape index (κ1) is 15.0. The number of hydrogen-bond donors (Lipinski definition) is 1. The van der Waals surface area contributed by atoms with E-state index in [1.54, 1.807) is 7.11 Å². The molecular weight excluding hydrogens is 250 g/mol. The van der Waals surface area contributed by atoms with E-state index in [9.17, 15) is 8.42 Å². The Hall–Kier alpha value is -1.07. The highest BCUT2D eigenvalue weighted by Crippen LogP contribution is 2.23. The largest absolute Gasteiger partial charge is 0.496 e. The molecule has 1 aromatic rings. The molecule has 0 amide bonds. The fourth-order valence-corrected chi connectivity index (χ4v) is 2.88. The average molecular weight is 271 g/mol. The SMILES string of the molecule is COc1cc(C)c(C)cc1CCS(=O)(=O)CCN. The van der Waals surface area contributed by atoms with Gasteiger partial charge in [-0.05, 0) is 43.0 Å². The van der Waals surface area contributed by atoms with Crippen molar-refractivity contribution in [1.82, 2.24) is 0 Å². The summed E-state index contributed by atoms with van der Waals surface area (Å²) in [6.45, 7) is 4.19. The summed E-state index contributed by atoms with van der Waals surface area (Å²) < 4.78 is 28.6. The summed E-state index contributed by atoms with van der Waals surface area (Å²) in [4.78, 5) is 0. The molecule has 0 atom stereocenters. The van der Waals surface area contributed by atoms with Crippen molar-refractivity contribution in [3.63, 3.8) is 0 Å². The van der Waals surface area contributed by atoms with Crippen LogP contribution in [-0.2, 0) is 16.3 Å². The highest BCUT2D eigenvalue weighted by Gasteiger charge is 2.12. The van der Waals surface area contributed by atoms with E-state index in [0.717, 1.165) is 22.4 Å². The summed E-state index contributed by atoms with van der Waals surface area (Å²) in [5.74, 6) is 0.907. The zero-order valence-electron chi connectivity index (χ0n) is 11.2. The first-order valence-electron chi connectivity index (χ1n) is 5.94. The second kappa shape index (κ2) is 6.20. The standard InChI is InChI=1S/C13H21NO3S/c1-10-8-12(13(17-3)9-11(10)2)4-6-18(15,16)7-5-14/h8-9H,4-7,14H2,1-3H3. The third-order valence-corrected chi connectivity index (χ3v) is 4.69. The first-order valence-corrected chi connectivity index (χ1v) is 7.76. The van der Waals surface area contributed by atoms with Crippen LogP contribution in [0.4, 0.5) is 0 Å². The molecule has 0 heterocycles. The molecule has 18 heavy (non-hydrogen) atoms. The molecular formula is C13H21NO3S. The summed E-state index contributed by atoms with van der Waals surface area (Å²) in [6.07, 6.45) is 0.465. The van der Waals surface area contributed by atoms with Gasteiger partial charge in [0, 0.05) is 6.54 Å². The lowest BCUT2D eigenvalue weighted by atomic mass is 10.0. The summed E-state index contributed by atoms with van der Waals surface area (Å²) in [5.41, 5.74) is 8.49. The van der Waals surface area contributed by atoms with Crippen molar-refractivity contribution in [2.75, 3.05) is 25.2 Å². The number of methoxy groups -OCH3 is 1. The summed E-state index contributed by atoms with van der Waals surface area (Å²) in [6, 6.07) is 3.94. The van der Waals surface area contributed by atoms with E-state index in [-0.39, 0.29) is 18.1 Å². The number of hydrogen-bond acceptors (Lipinski definition) is 4. The molecule has 0 fully saturated rings. The predicted octanol–water partition coefficient (Wildman–Crippen LogP) is 1.23. The number of benzene rings is 1. The van der Waals surface area contributed by atoms with Gasteiger partial charge in [0.2, 0.25) is 0 Å². The Morgan fingerprint density at radius 2 is 1.78 bits per heavy atom. The molecule has 2 N–H and O–H groups in total. The molecule has 0 saturated heterocycles. The van der Waals surface area contributed by atoms with Gasteiger partial charge in [-0.15, -0.1) is 0 Å². The minimum atomic E-state index is -3.06. The van der Waals surface area contributed by atoms with E-state index in [1.807, 2.05) is 26.0 Å². The number of rotatable bonds is 6. The predicted molar refractivity (Wildman–Crippen MR) is 73.9 cm³/mol. The zero-order chi connectivity index (χ0) is 13.8. The van der Waals surface area contributed by atoms with Crippen LogP contribution in [0.25, 0.3) is 0 Å². The molecule has 0 unspecified atom stereocenters. The van der Waals surface area contributed by atoms with Crippen LogP contribution in [0.5, 0.6) is 5.75 Å². The Kier molecular flexibility index (Phi) is 5.16. The third-order valence-electron chi connectivity index (χ3n) is 3.01. The molecule has 1 aromatic carbocycles. The molecule has 102 valence electrons. The molecule has 4 nitrogen and oxygen atoms in total. The summed E-state index contributed by atoms with van der Waals surface area (Å²) in [5, 5.41) is 0. The van der Waals surface area contributed by atoms with Gasteiger partial charge in [0.25, 0.3) is 0 Å². The number of sulfone groups is 1. The van der Waals surface area contributed by atoms with Crippen LogP contribution in [0, 0.1) is 13.8 Å². The Labute approximate surface area is 109 Å². The van der Waals surface area contributed by atoms with Crippen LogP contribution in [0.15, 0.2) is 12.1 Å². The Morgan fingerprint density at radius 1 is 1.17 bits per heavy atom. The molecule has 0 radical (unpaired) electrons. The van der Waals surface area contributed by atoms with Crippen LogP contribution >= 0.6 is 0 Å². The van der Waals surface area contributed by atoms with Gasteiger partial charge in [-0.1, -0.05) is 6.07 Å². The van der Waals surface area contributed by atoms with Crippen molar-refractivity contribution in [3.05, 3.63) is 28.8 Å². The molecule has 0 bridgehead atoms. The van der Waals surface area contributed by atoms with E-state index < -0.39 is 9.84 Å². The molecule has 0 aliphatic carbocycles. The first-order chi connectivity index (χ1) is 8.39. The summed E-state index contributed by atoms with van der Waals surface area (Å²) in [7, 11) is -1.46. The van der Waals surface area contributed by atoms with E-state index in [4.69, 9.17) is 10.5 Å². The smallest absolute Gasteiger partial charge is 0.151 e. The van der Waals surface area contributed by atoms with Crippen molar-refractivity contribution in [2.24, 2.45) is 5.73 Å². The maximum absolute atomic E-state index is 11.6. The normalized spacial score (nSPS) is 11.6. The zero-order valence-corrected chi connectivity index (χ0v) is 12.0. The van der Waals surface area contributed by atoms with Gasteiger partial charge in [-0.2, -0.15) is 0 Å². The number of ether oxygens (including phenoxy) is 1. The van der Waals surface area contributed by atoms with Gasteiger partial charge in [0.15, 0.2) is 9.84 Å². The topological polar surface area (TPSA) is 69.4 Å². The van der Waals surface area contributed by atoms with Gasteiger partial charge in [-0.25, -0.2) is 8.42 Å². The van der Waals surface area contributed by atoms with Crippen LogP contribution in [-0.4, -0.2) is 33.6 Å². The van der Waals surface area contributed by atoms with Crippen LogP contribution in [0.1, 0.15) is 16.7 Å². The fourth-order valence-electron chi connectivity index (χ4n) is 1.78. The van der Waals surface area contributed by atoms with Crippen molar-refractivity contribution >= 4 is 9.84 Å². The number of nitrogens with two attached hydrogens (primary N) is 1. The Balaban J connectivity index is 2.88. The maximum Gasteiger partial charge on any atom is 0.151 e. The van der Waals surface area contributed by atoms with Crippen LogP contribution in [0.2, 0.25) is 0 Å². The molecule has 0 aliphatic rings. The van der Waals surface area contributed by atoms with Crippen LogP contribution in [0.3, 0.4) is 0 Å². The lowest BCUT2D eigenvalue weighted by Gasteiger charge is -2.12. The van der Waals surface area contributed by atoms with Crippen molar-refractivity contribution in [3.8, 4) is 5.75 Å². The van der Waals surface area contributed by atoms with Gasteiger partial charge in [-0.3, -0.25) is 0 Å². The van der Waals surface area contributed by atoms with E-state index in [1.165, 1.54) is 0 Å². The van der Waals surface area contributed by atoms with E-state index in [0.29, 0.717) is 6.42 Å².